The van der Waals surface area contributed by atoms with E-state index in [1.54, 1.807) is 18.6 Å². The van der Waals surface area contributed by atoms with E-state index < -0.39 is 0 Å². The lowest BCUT2D eigenvalue weighted by molar-refractivity contribution is -0.123. The van der Waals surface area contributed by atoms with Crippen LogP contribution in [0.4, 0.5) is 5.69 Å². The Hall–Kier alpha value is -2.93. The number of nitrogens with one attached hydrogen (secondary N) is 1. The highest BCUT2D eigenvalue weighted by atomic mass is 16.3. The van der Waals surface area contributed by atoms with Crippen molar-refractivity contribution in [2.45, 2.75) is 44.2 Å². The van der Waals surface area contributed by atoms with E-state index in [0.29, 0.717) is 35.7 Å². The average molecular weight is 397 g/mol. The van der Waals surface area contributed by atoms with Crippen molar-refractivity contribution < 1.29 is 19.1 Å². The number of nitrogens with zero attached hydrogens (tertiary/aromatic N) is 1. The van der Waals surface area contributed by atoms with Crippen molar-refractivity contribution in [2.75, 3.05) is 12.8 Å². The highest BCUT2D eigenvalue weighted by Crippen LogP contribution is 2.39. The van der Waals surface area contributed by atoms with Crippen molar-refractivity contribution >= 4 is 23.7 Å². The van der Waals surface area contributed by atoms with Gasteiger partial charge in [-0.15, -0.1) is 0 Å². The van der Waals surface area contributed by atoms with Crippen LogP contribution in [0.1, 0.15) is 37.7 Å². The fraction of sp³-hybridized carbons (Fsp3) is 0.409. The number of ketones is 1. The molecule has 2 bridgehead atoms. The predicted molar refractivity (Wildman–Crippen MR) is 111 cm³/mol. The first-order valence-corrected chi connectivity index (χ1v) is 9.78. The smallest absolute Gasteiger partial charge is 0.290 e. The molecule has 7 heteroatoms. The van der Waals surface area contributed by atoms with E-state index in [0.717, 1.165) is 24.0 Å². The van der Waals surface area contributed by atoms with Crippen LogP contribution in [0.5, 0.6) is 0 Å². The Kier molecular flexibility index (Phi) is 6.49. The highest BCUT2D eigenvalue weighted by Gasteiger charge is 2.39. The maximum Gasteiger partial charge on any atom is 0.290 e. The summed E-state index contributed by atoms with van der Waals surface area (Å²) in [6, 6.07) is 8.53. The lowest BCUT2D eigenvalue weighted by atomic mass is 9.85. The third-order valence-electron chi connectivity index (χ3n) is 6.13. The zero-order chi connectivity index (χ0) is 21.0. The summed E-state index contributed by atoms with van der Waals surface area (Å²) in [4.78, 5) is 23.6. The van der Waals surface area contributed by atoms with Crippen molar-refractivity contribution in [1.29, 1.82) is 5.41 Å². The van der Waals surface area contributed by atoms with Gasteiger partial charge in [0.05, 0.1) is 12.5 Å². The van der Waals surface area contributed by atoms with Gasteiger partial charge >= 0.3 is 0 Å². The molecule has 4 rings (SSSR count). The van der Waals surface area contributed by atoms with E-state index in [-0.39, 0.29) is 18.0 Å². The minimum atomic E-state index is -0.250. The number of carboxylic acid groups (broad SMARTS) is 1. The minimum Gasteiger partial charge on any atom is -0.483 e. The zero-order valence-electron chi connectivity index (χ0n) is 16.5. The Balaban J connectivity index is 0.000000755. The average Bonchev–Trinajstić information content (AvgIpc) is 3.29. The molecule has 2 aliphatic rings. The summed E-state index contributed by atoms with van der Waals surface area (Å²) in [6.45, 7) is -0.250. The first kappa shape index (κ1) is 20.8. The van der Waals surface area contributed by atoms with Crippen molar-refractivity contribution in [3.8, 4) is 11.1 Å². The van der Waals surface area contributed by atoms with Gasteiger partial charge in [-0.25, -0.2) is 0 Å². The number of Topliss-reactive ketones (excluding diaryl/α,β-unsaturated/α-hetero) is 1. The molecular formula is C22H27N3O4. The van der Waals surface area contributed by atoms with E-state index in [9.17, 15) is 4.79 Å². The van der Waals surface area contributed by atoms with Gasteiger partial charge < -0.3 is 20.2 Å². The van der Waals surface area contributed by atoms with Crippen LogP contribution in [0, 0.1) is 11.3 Å². The highest BCUT2D eigenvalue weighted by molar-refractivity contribution is 6.46. The number of hydrogen-bond acceptors (Lipinski definition) is 6. The maximum absolute atomic E-state index is 12.8. The molecule has 0 saturated carbocycles. The molecule has 29 heavy (non-hydrogen) atoms. The number of carbonyl (C=O) groups excluding carboxylic acids is 1. The second-order valence-electron chi connectivity index (χ2n) is 7.81. The normalized spacial score (nSPS) is 23.1. The summed E-state index contributed by atoms with van der Waals surface area (Å²) in [5, 5.41) is 15.3. The van der Waals surface area contributed by atoms with Crippen molar-refractivity contribution in [1.82, 2.24) is 4.90 Å². The molecule has 2 fully saturated rings. The van der Waals surface area contributed by atoms with Gasteiger partial charge in [0.2, 0.25) is 0 Å². The SMILES string of the molecule is CN1C2CCC1CC(CC(=O)C(=N)c1cc(-c3ccoc3)ccc1N)C2.O=CO. The second-order valence-corrected chi connectivity index (χ2v) is 7.81. The summed E-state index contributed by atoms with van der Waals surface area (Å²) in [5.74, 6) is 0.282. The lowest BCUT2D eigenvalue weighted by Crippen LogP contribution is -2.40. The molecule has 0 spiro atoms. The second kappa shape index (κ2) is 9.05. The molecule has 0 radical (unpaired) electrons. The Morgan fingerprint density at radius 1 is 1.28 bits per heavy atom. The molecule has 2 aliphatic heterocycles. The van der Waals surface area contributed by atoms with Crippen LogP contribution in [0.15, 0.2) is 41.2 Å². The molecule has 0 amide bonds. The van der Waals surface area contributed by atoms with Crippen LogP contribution in [-0.4, -0.2) is 47.1 Å². The predicted octanol–water partition coefficient (Wildman–Crippen LogP) is 3.43. The summed E-state index contributed by atoms with van der Waals surface area (Å²) in [7, 11) is 2.20. The number of nitrogen functional groups attached to an aromatic ring is 1. The third kappa shape index (κ3) is 4.56. The van der Waals surface area contributed by atoms with Crippen LogP contribution in [0.2, 0.25) is 0 Å². The number of carbonyl (C=O) groups is 2. The van der Waals surface area contributed by atoms with E-state index in [4.69, 9.17) is 25.5 Å². The number of piperidine rings is 1. The van der Waals surface area contributed by atoms with Crippen molar-refractivity contribution in [3.63, 3.8) is 0 Å². The minimum absolute atomic E-state index is 0.0270. The fourth-order valence-electron chi connectivity index (χ4n) is 4.59. The Morgan fingerprint density at radius 3 is 2.52 bits per heavy atom. The summed E-state index contributed by atoms with van der Waals surface area (Å²) in [6.07, 6.45) is 8.32. The van der Waals surface area contributed by atoms with Crippen LogP contribution in [0.25, 0.3) is 11.1 Å². The first-order valence-electron chi connectivity index (χ1n) is 9.78. The zero-order valence-corrected chi connectivity index (χ0v) is 16.5. The molecule has 1 aromatic carbocycles. The molecule has 2 unspecified atom stereocenters. The molecular weight excluding hydrogens is 370 g/mol. The van der Waals surface area contributed by atoms with Gasteiger partial charge in [0.25, 0.3) is 6.47 Å². The summed E-state index contributed by atoms with van der Waals surface area (Å²) < 4.78 is 5.13. The van der Waals surface area contributed by atoms with Gasteiger partial charge in [0, 0.05) is 35.3 Å². The number of furan rings is 1. The van der Waals surface area contributed by atoms with Crippen LogP contribution < -0.4 is 5.73 Å². The summed E-state index contributed by atoms with van der Waals surface area (Å²) >= 11 is 0. The molecule has 0 aliphatic carbocycles. The maximum atomic E-state index is 12.8. The molecule has 2 atom stereocenters. The van der Waals surface area contributed by atoms with Gasteiger partial charge in [-0.1, -0.05) is 6.07 Å². The quantitative estimate of drug-likeness (QED) is 0.404. The van der Waals surface area contributed by atoms with Gasteiger partial charge in [0.15, 0.2) is 5.78 Å². The fourth-order valence-corrected chi connectivity index (χ4v) is 4.59. The molecule has 1 aromatic heterocycles. The van der Waals surface area contributed by atoms with Crippen LogP contribution >= 0.6 is 0 Å². The Labute approximate surface area is 170 Å². The monoisotopic (exact) mass is 397 g/mol. The number of nitrogens with two attached hydrogens (primary N) is 1. The van der Waals surface area contributed by atoms with E-state index in [2.05, 4.69) is 11.9 Å². The largest absolute Gasteiger partial charge is 0.483 e. The van der Waals surface area contributed by atoms with Gasteiger partial charge in [0.1, 0.15) is 5.71 Å². The molecule has 7 nitrogen and oxygen atoms in total. The molecule has 4 N–H and O–H groups in total. The topological polar surface area (TPSA) is 121 Å². The number of rotatable bonds is 5. The number of fused-ring (bicyclic) bond motifs is 2. The van der Waals surface area contributed by atoms with Crippen molar-refractivity contribution in [2.24, 2.45) is 5.92 Å². The third-order valence-corrected chi connectivity index (χ3v) is 6.13. The van der Waals surface area contributed by atoms with Crippen LogP contribution in [0.3, 0.4) is 0 Å². The molecule has 3 heterocycles. The molecule has 2 saturated heterocycles. The van der Waals surface area contributed by atoms with E-state index in [1.165, 1.54) is 12.8 Å². The molecule has 2 aromatic rings. The molecule has 154 valence electrons. The lowest BCUT2D eigenvalue weighted by Gasteiger charge is -2.36. The Morgan fingerprint density at radius 2 is 1.93 bits per heavy atom. The summed E-state index contributed by atoms with van der Waals surface area (Å²) in [5.41, 5.74) is 8.90. The number of anilines is 1. The van der Waals surface area contributed by atoms with Crippen LogP contribution in [-0.2, 0) is 9.59 Å². The first-order chi connectivity index (χ1) is 13.9. The van der Waals surface area contributed by atoms with Gasteiger partial charge in [-0.3, -0.25) is 15.0 Å². The number of hydrogen-bond donors (Lipinski definition) is 3. The Bertz CT molecular complexity index is 864. The number of benzene rings is 1. The standard InChI is InChI=1S/C21H25N3O2.CH2O2/c1-24-16-3-4-17(24)9-13(8-16)10-20(25)21(23)18-11-14(2-5-19(18)22)15-6-7-26-12-15;2-1-3/h2,5-7,11-13,16-17,23H,3-4,8-10,22H2,1H3;1H,(H,2,3). The van der Waals surface area contributed by atoms with Gasteiger partial charge in [-0.2, -0.15) is 0 Å². The van der Waals surface area contributed by atoms with E-state index >= 15 is 0 Å². The van der Waals surface area contributed by atoms with Gasteiger partial charge in [-0.05, 0) is 62.4 Å². The van der Waals surface area contributed by atoms with E-state index in [1.807, 2.05) is 18.2 Å². The van der Waals surface area contributed by atoms with Crippen molar-refractivity contribution in [3.05, 3.63) is 42.4 Å².